The van der Waals surface area contributed by atoms with Gasteiger partial charge in [0.2, 0.25) is 5.95 Å². The Hall–Kier alpha value is -3.10. The number of morpholine rings is 1. The zero-order valence-electron chi connectivity index (χ0n) is 18.8. The number of thioether (sulfide) groups is 1. The Bertz CT molecular complexity index is 1320. The van der Waals surface area contributed by atoms with Crippen molar-refractivity contribution in [3.8, 4) is 5.69 Å². The van der Waals surface area contributed by atoms with Crippen LogP contribution >= 0.6 is 11.8 Å². The maximum absolute atomic E-state index is 12.2. The number of fused-ring (bicyclic) bond motifs is 1. The minimum Gasteiger partial charge on any atom is -0.423 e. The molecule has 0 aliphatic carbocycles. The van der Waals surface area contributed by atoms with E-state index in [1.807, 2.05) is 12.1 Å². The van der Waals surface area contributed by atoms with Gasteiger partial charge < -0.3 is 14.1 Å². The van der Waals surface area contributed by atoms with E-state index in [1.165, 1.54) is 5.56 Å². The summed E-state index contributed by atoms with van der Waals surface area (Å²) in [5.74, 6) is 1.40. The molecule has 4 aromatic rings. The van der Waals surface area contributed by atoms with Gasteiger partial charge in [0.25, 0.3) is 0 Å². The number of benzene rings is 2. The molecule has 33 heavy (non-hydrogen) atoms. The number of nitrogens with zero attached hydrogens (tertiary/aromatic N) is 4. The summed E-state index contributed by atoms with van der Waals surface area (Å²) >= 11 is 1.57. The summed E-state index contributed by atoms with van der Waals surface area (Å²) in [6, 6.07) is 16.0. The first-order valence-electron chi connectivity index (χ1n) is 11.2. The molecule has 7 nitrogen and oxygen atoms in total. The Labute approximate surface area is 196 Å². The summed E-state index contributed by atoms with van der Waals surface area (Å²) < 4.78 is 13.1. The van der Waals surface area contributed by atoms with Crippen LogP contribution in [0.25, 0.3) is 16.7 Å². The van der Waals surface area contributed by atoms with Crippen molar-refractivity contribution in [3.05, 3.63) is 75.6 Å². The van der Waals surface area contributed by atoms with Crippen molar-refractivity contribution in [1.82, 2.24) is 14.8 Å². The molecule has 170 valence electrons. The zero-order valence-corrected chi connectivity index (χ0v) is 19.6. The molecule has 2 aromatic heterocycles. The molecule has 1 saturated heterocycles. The third-order valence-corrected chi connectivity index (χ3v) is 6.84. The molecule has 0 unspecified atom stereocenters. The predicted octanol–water partition coefficient (Wildman–Crippen LogP) is 4.37. The second kappa shape index (κ2) is 9.41. The zero-order chi connectivity index (χ0) is 22.8. The summed E-state index contributed by atoms with van der Waals surface area (Å²) in [6.45, 7) is 7.06. The standard InChI is InChI=1S/C25H26N4O3S/c1-3-18-6-9-21-19(15-23(30)32-22(21)14-18)16-33-25-27-26-24(28-10-12-31-13-11-28)29(25)20-7-4-17(2)5-8-20/h4-9,14-15H,3,10-13,16H2,1-2H3. The van der Waals surface area contributed by atoms with Crippen molar-refractivity contribution in [1.29, 1.82) is 0 Å². The van der Waals surface area contributed by atoms with E-state index in [-0.39, 0.29) is 5.63 Å². The van der Waals surface area contributed by atoms with Crippen molar-refractivity contribution < 1.29 is 9.15 Å². The second-order valence-corrected chi connectivity index (χ2v) is 9.06. The van der Waals surface area contributed by atoms with Crippen molar-refractivity contribution in [3.63, 3.8) is 0 Å². The molecule has 3 heterocycles. The molecular weight excluding hydrogens is 436 g/mol. The quantitative estimate of drug-likeness (QED) is 0.311. The molecule has 2 aromatic carbocycles. The van der Waals surface area contributed by atoms with Crippen molar-refractivity contribution >= 4 is 28.7 Å². The summed E-state index contributed by atoms with van der Waals surface area (Å²) in [5, 5.41) is 10.8. The number of anilines is 1. The summed E-state index contributed by atoms with van der Waals surface area (Å²) in [7, 11) is 0. The number of rotatable bonds is 6. The normalized spacial score (nSPS) is 14.2. The fraction of sp³-hybridized carbons (Fsp3) is 0.320. The van der Waals surface area contributed by atoms with E-state index in [1.54, 1.807) is 17.8 Å². The Morgan fingerprint density at radius 2 is 1.82 bits per heavy atom. The smallest absolute Gasteiger partial charge is 0.336 e. The fourth-order valence-electron chi connectivity index (χ4n) is 4.00. The van der Waals surface area contributed by atoms with Gasteiger partial charge in [-0.05, 0) is 42.7 Å². The van der Waals surface area contributed by atoms with Crippen molar-refractivity contribution in [2.75, 3.05) is 31.2 Å². The van der Waals surface area contributed by atoms with Crippen LogP contribution in [0.2, 0.25) is 0 Å². The lowest BCUT2D eigenvalue weighted by Crippen LogP contribution is -2.37. The van der Waals surface area contributed by atoms with Gasteiger partial charge in [-0.3, -0.25) is 4.57 Å². The van der Waals surface area contributed by atoms with Gasteiger partial charge in [-0.2, -0.15) is 0 Å². The third kappa shape index (κ3) is 4.54. The lowest BCUT2D eigenvalue weighted by atomic mass is 10.1. The van der Waals surface area contributed by atoms with Gasteiger partial charge in [0.15, 0.2) is 5.16 Å². The molecule has 1 aliphatic heterocycles. The SMILES string of the molecule is CCc1ccc2c(CSc3nnc(N4CCOCC4)n3-c3ccc(C)cc3)cc(=O)oc2c1. The molecule has 0 spiro atoms. The number of ether oxygens (including phenoxy) is 1. The highest BCUT2D eigenvalue weighted by Crippen LogP contribution is 2.31. The van der Waals surface area contributed by atoms with Crippen LogP contribution in [-0.2, 0) is 16.9 Å². The number of hydrogen-bond acceptors (Lipinski definition) is 7. The minimum absolute atomic E-state index is 0.333. The lowest BCUT2D eigenvalue weighted by molar-refractivity contribution is 0.122. The summed E-state index contributed by atoms with van der Waals surface area (Å²) in [6.07, 6.45) is 0.891. The lowest BCUT2D eigenvalue weighted by Gasteiger charge is -2.28. The molecule has 0 atom stereocenters. The van der Waals surface area contributed by atoms with Crippen LogP contribution in [0.3, 0.4) is 0 Å². The average Bonchev–Trinajstić information content (AvgIpc) is 3.27. The van der Waals surface area contributed by atoms with Crippen LogP contribution in [-0.4, -0.2) is 41.1 Å². The molecule has 5 rings (SSSR count). The van der Waals surface area contributed by atoms with Crippen LogP contribution in [0, 0.1) is 6.92 Å². The Balaban J connectivity index is 1.50. The van der Waals surface area contributed by atoms with Gasteiger partial charge in [-0.1, -0.05) is 48.5 Å². The third-order valence-electron chi connectivity index (χ3n) is 5.86. The van der Waals surface area contributed by atoms with Gasteiger partial charge in [0.1, 0.15) is 5.58 Å². The van der Waals surface area contributed by atoms with Gasteiger partial charge in [0, 0.05) is 30.3 Å². The molecule has 0 N–H and O–H groups in total. The molecule has 0 radical (unpaired) electrons. The molecule has 0 bridgehead atoms. The fourth-order valence-corrected chi connectivity index (χ4v) is 4.94. The van der Waals surface area contributed by atoms with E-state index >= 15 is 0 Å². The van der Waals surface area contributed by atoms with Gasteiger partial charge in [-0.25, -0.2) is 4.79 Å². The maximum atomic E-state index is 12.2. The Morgan fingerprint density at radius 3 is 2.58 bits per heavy atom. The number of hydrogen-bond donors (Lipinski definition) is 0. The summed E-state index contributed by atoms with van der Waals surface area (Å²) in [5.41, 5.74) is 4.58. The Morgan fingerprint density at radius 1 is 1.03 bits per heavy atom. The van der Waals surface area contributed by atoms with Gasteiger partial charge in [0.05, 0.1) is 18.9 Å². The molecule has 1 aliphatic rings. The van der Waals surface area contributed by atoms with Crippen LogP contribution in [0.5, 0.6) is 0 Å². The molecule has 1 fully saturated rings. The number of aromatic nitrogens is 3. The maximum Gasteiger partial charge on any atom is 0.336 e. The van der Waals surface area contributed by atoms with E-state index in [9.17, 15) is 4.79 Å². The van der Waals surface area contributed by atoms with Crippen molar-refractivity contribution in [2.24, 2.45) is 0 Å². The van der Waals surface area contributed by atoms with Crippen LogP contribution < -0.4 is 10.5 Å². The first kappa shape index (κ1) is 21.7. The molecular formula is C25H26N4O3S. The molecule has 8 heteroatoms. The highest BCUT2D eigenvalue weighted by molar-refractivity contribution is 7.98. The highest BCUT2D eigenvalue weighted by Gasteiger charge is 2.22. The number of aryl methyl sites for hydroxylation is 2. The van der Waals surface area contributed by atoms with Crippen LogP contribution in [0.4, 0.5) is 5.95 Å². The van der Waals surface area contributed by atoms with Crippen LogP contribution in [0.1, 0.15) is 23.6 Å². The first-order valence-corrected chi connectivity index (χ1v) is 12.1. The monoisotopic (exact) mass is 462 g/mol. The van der Waals surface area contributed by atoms with Gasteiger partial charge >= 0.3 is 5.63 Å². The van der Waals surface area contributed by atoms with E-state index < -0.39 is 0 Å². The predicted molar refractivity (Wildman–Crippen MR) is 131 cm³/mol. The second-order valence-electron chi connectivity index (χ2n) is 8.12. The van der Waals surface area contributed by atoms with E-state index in [4.69, 9.17) is 9.15 Å². The largest absolute Gasteiger partial charge is 0.423 e. The van der Waals surface area contributed by atoms with Crippen molar-refractivity contribution in [2.45, 2.75) is 31.2 Å². The summed E-state index contributed by atoms with van der Waals surface area (Å²) in [4.78, 5) is 14.4. The molecule has 0 saturated carbocycles. The first-order chi connectivity index (χ1) is 16.1. The Kier molecular flexibility index (Phi) is 6.20. The van der Waals surface area contributed by atoms with Crippen LogP contribution in [0.15, 0.2) is 62.9 Å². The van der Waals surface area contributed by atoms with E-state index in [2.05, 4.69) is 63.8 Å². The van der Waals surface area contributed by atoms with Gasteiger partial charge in [-0.15, -0.1) is 10.2 Å². The average molecular weight is 463 g/mol. The highest BCUT2D eigenvalue weighted by atomic mass is 32.2. The minimum atomic E-state index is -0.333. The molecule has 0 amide bonds. The topological polar surface area (TPSA) is 73.4 Å². The van der Waals surface area contributed by atoms with E-state index in [0.717, 1.165) is 52.8 Å². The van der Waals surface area contributed by atoms with E-state index in [0.29, 0.717) is 24.5 Å².